The summed E-state index contributed by atoms with van der Waals surface area (Å²) in [4.78, 5) is 14.1. The van der Waals surface area contributed by atoms with Gasteiger partial charge in [0.25, 0.3) is 0 Å². The van der Waals surface area contributed by atoms with Crippen LogP contribution >= 0.6 is 0 Å². The summed E-state index contributed by atoms with van der Waals surface area (Å²) in [6.45, 7) is 0.327. The fourth-order valence-corrected chi connectivity index (χ4v) is 1.43. The lowest BCUT2D eigenvalue weighted by Gasteiger charge is -2.05. The third-order valence-electron chi connectivity index (χ3n) is 2.37. The Labute approximate surface area is 107 Å². The van der Waals surface area contributed by atoms with Gasteiger partial charge in [-0.05, 0) is 11.6 Å². The van der Waals surface area contributed by atoms with E-state index in [0.717, 1.165) is 23.8 Å². The Bertz CT molecular complexity index is 602. The van der Waals surface area contributed by atoms with Gasteiger partial charge >= 0.3 is 5.69 Å². The molecule has 0 saturated heterocycles. The van der Waals surface area contributed by atoms with E-state index in [-0.39, 0.29) is 17.3 Å². The topological polar surface area (TPSA) is 91.3 Å². The highest BCUT2D eigenvalue weighted by molar-refractivity contribution is 5.47. The molecule has 0 spiro atoms. The average molecular weight is 263 g/mol. The van der Waals surface area contributed by atoms with Gasteiger partial charge in [-0.3, -0.25) is 10.1 Å². The second kappa shape index (κ2) is 5.40. The number of pyridine rings is 1. The van der Waals surface area contributed by atoms with Crippen molar-refractivity contribution >= 4 is 5.69 Å². The summed E-state index contributed by atoms with van der Waals surface area (Å²) in [7, 11) is 0. The van der Waals surface area contributed by atoms with Gasteiger partial charge < -0.3 is 10.5 Å². The number of benzene rings is 1. The van der Waals surface area contributed by atoms with E-state index in [0.29, 0.717) is 6.54 Å². The highest BCUT2D eigenvalue weighted by Gasteiger charge is 2.17. The predicted octanol–water partition coefficient (Wildman–Crippen LogP) is 2.38. The minimum absolute atomic E-state index is 0.130. The van der Waals surface area contributed by atoms with Crippen LogP contribution < -0.4 is 10.5 Å². The van der Waals surface area contributed by atoms with Crippen LogP contribution in [0.2, 0.25) is 0 Å². The monoisotopic (exact) mass is 263 g/mol. The Morgan fingerprint density at radius 1 is 1.37 bits per heavy atom. The molecular formula is C12H10FN3O3. The zero-order valence-corrected chi connectivity index (χ0v) is 9.75. The Balaban J connectivity index is 2.31. The van der Waals surface area contributed by atoms with Crippen molar-refractivity contribution < 1.29 is 14.1 Å². The molecule has 0 atom stereocenters. The molecule has 0 saturated carbocycles. The molecule has 0 amide bonds. The molecule has 98 valence electrons. The van der Waals surface area contributed by atoms with Gasteiger partial charge in [-0.1, -0.05) is 6.07 Å². The molecule has 0 radical (unpaired) electrons. The second-order valence-corrected chi connectivity index (χ2v) is 3.68. The van der Waals surface area contributed by atoms with Crippen molar-refractivity contribution in [1.29, 1.82) is 0 Å². The molecular weight excluding hydrogens is 253 g/mol. The number of nitro groups is 1. The van der Waals surface area contributed by atoms with Gasteiger partial charge in [-0.2, -0.15) is 0 Å². The molecule has 2 N–H and O–H groups in total. The third kappa shape index (κ3) is 3.02. The molecule has 1 aromatic heterocycles. The van der Waals surface area contributed by atoms with E-state index >= 15 is 0 Å². The highest BCUT2D eigenvalue weighted by Crippen LogP contribution is 2.30. The van der Waals surface area contributed by atoms with Crippen molar-refractivity contribution in [2.75, 3.05) is 0 Å². The molecule has 7 heteroatoms. The van der Waals surface area contributed by atoms with E-state index in [1.165, 1.54) is 12.3 Å². The van der Waals surface area contributed by atoms with E-state index in [1.54, 1.807) is 6.07 Å². The number of nitro benzene ring substituents is 1. The van der Waals surface area contributed by atoms with E-state index in [9.17, 15) is 14.5 Å². The summed E-state index contributed by atoms with van der Waals surface area (Å²) in [6, 6.07) is 6.16. The molecule has 0 fully saturated rings. The summed E-state index contributed by atoms with van der Waals surface area (Å²) < 4.78 is 18.3. The third-order valence-corrected chi connectivity index (χ3v) is 2.37. The Kier molecular flexibility index (Phi) is 3.67. The van der Waals surface area contributed by atoms with Crippen molar-refractivity contribution in [3.63, 3.8) is 0 Å². The molecule has 6 nitrogen and oxygen atoms in total. The molecule has 1 aromatic carbocycles. The summed E-state index contributed by atoms with van der Waals surface area (Å²) in [5.41, 5.74) is 5.88. The Morgan fingerprint density at radius 3 is 2.74 bits per heavy atom. The van der Waals surface area contributed by atoms with Crippen molar-refractivity contribution in [3.05, 3.63) is 58.0 Å². The minimum atomic E-state index is -0.650. The fourth-order valence-electron chi connectivity index (χ4n) is 1.43. The first-order valence-electron chi connectivity index (χ1n) is 5.37. The number of halogens is 1. The molecule has 2 aromatic rings. The molecule has 2 rings (SSSR count). The SMILES string of the molecule is NCc1ccc(Oc2cc(F)ccc2[N+](=O)[O-])nc1. The summed E-state index contributed by atoms with van der Waals surface area (Å²) >= 11 is 0. The van der Waals surface area contributed by atoms with Crippen molar-refractivity contribution in [1.82, 2.24) is 4.98 Å². The van der Waals surface area contributed by atoms with E-state index in [1.807, 2.05) is 0 Å². The first kappa shape index (κ1) is 12.9. The summed E-state index contributed by atoms with van der Waals surface area (Å²) in [5.74, 6) is -0.692. The standard InChI is InChI=1S/C12H10FN3O3/c13-9-2-3-10(16(17)18)11(5-9)19-12-4-1-8(6-14)7-15-12/h1-5,7H,6,14H2. The minimum Gasteiger partial charge on any atom is -0.432 e. The maximum absolute atomic E-state index is 13.1. The van der Waals surface area contributed by atoms with Crippen molar-refractivity contribution in [2.24, 2.45) is 5.73 Å². The molecule has 1 heterocycles. The van der Waals surface area contributed by atoms with Gasteiger partial charge in [0.15, 0.2) is 0 Å². The Morgan fingerprint density at radius 2 is 2.16 bits per heavy atom. The zero-order valence-electron chi connectivity index (χ0n) is 9.75. The molecule has 0 aliphatic rings. The quantitative estimate of drug-likeness (QED) is 0.675. The first-order chi connectivity index (χ1) is 9.10. The number of ether oxygens (including phenoxy) is 1. The van der Waals surface area contributed by atoms with Crippen LogP contribution in [0, 0.1) is 15.9 Å². The number of nitrogens with two attached hydrogens (primary N) is 1. The maximum atomic E-state index is 13.1. The number of hydrogen-bond donors (Lipinski definition) is 1. The zero-order chi connectivity index (χ0) is 13.8. The van der Waals surface area contributed by atoms with Gasteiger partial charge in [-0.15, -0.1) is 0 Å². The smallest absolute Gasteiger partial charge is 0.311 e. The van der Waals surface area contributed by atoms with Gasteiger partial charge in [0.1, 0.15) is 5.82 Å². The lowest BCUT2D eigenvalue weighted by atomic mass is 10.3. The first-order valence-corrected chi connectivity index (χ1v) is 5.37. The van der Waals surface area contributed by atoms with Crippen LogP contribution in [0.5, 0.6) is 11.6 Å². The van der Waals surface area contributed by atoms with E-state index < -0.39 is 10.7 Å². The van der Waals surface area contributed by atoms with E-state index in [2.05, 4.69) is 4.98 Å². The second-order valence-electron chi connectivity index (χ2n) is 3.68. The summed E-state index contributed by atoms with van der Waals surface area (Å²) in [6.07, 6.45) is 1.49. The summed E-state index contributed by atoms with van der Waals surface area (Å²) in [5, 5.41) is 10.8. The van der Waals surface area contributed by atoms with Crippen LogP contribution in [-0.4, -0.2) is 9.91 Å². The number of aromatic nitrogens is 1. The van der Waals surface area contributed by atoms with Crippen LogP contribution in [0.15, 0.2) is 36.5 Å². The number of rotatable bonds is 4. The lowest BCUT2D eigenvalue weighted by molar-refractivity contribution is -0.385. The normalized spacial score (nSPS) is 10.2. The molecule has 0 aliphatic heterocycles. The molecule has 0 bridgehead atoms. The van der Waals surface area contributed by atoms with Crippen molar-refractivity contribution in [2.45, 2.75) is 6.54 Å². The van der Waals surface area contributed by atoms with Crippen LogP contribution in [0.25, 0.3) is 0 Å². The maximum Gasteiger partial charge on any atom is 0.311 e. The van der Waals surface area contributed by atoms with Crippen molar-refractivity contribution in [3.8, 4) is 11.6 Å². The predicted molar refractivity (Wildman–Crippen MR) is 65.3 cm³/mol. The fraction of sp³-hybridized carbons (Fsp3) is 0.0833. The van der Waals surface area contributed by atoms with Gasteiger partial charge in [0, 0.05) is 30.9 Å². The van der Waals surface area contributed by atoms with Gasteiger partial charge in [0.2, 0.25) is 11.6 Å². The van der Waals surface area contributed by atoms with Gasteiger partial charge in [-0.25, -0.2) is 9.37 Å². The van der Waals surface area contributed by atoms with Crippen LogP contribution in [-0.2, 0) is 6.54 Å². The van der Waals surface area contributed by atoms with Gasteiger partial charge in [0.05, 0.1) is 4.92 Å². The lowest BCUT2D eigenvalue weighted by Crippen LogP contribution is -1.98. The number of hydrogen-bond acceptors (Lipinski definition) is 5. The number of nitrogens with zero attached hydrogens (tertiary/aromatic N) is 2. The molecule has 19 heavy (non-hydrogen) atoms. The average Bonchev–Trinajstić information content (AvgIpc) is 2.39. The van der Waals surface area contributed by atoms with Crippen LogP contribution in [0.1, 0.15) is 5.56 Å². The molecule has 0 unspecified atom stereocenters. The molecule has 0 aliphatic carbocycles. The van der Waals surface area contributed by atoms with Crippen LogP contribution in [0.4, 0.5) is 10.1 Å². The van der Waals surface area contributed by atoms with Crippen LogP contribution in [0.3, 0.4) is 0 Å². The van der Waals surface area contributed by atoms with E-state index in [4.69, 9.17) is 10.5 Å². The highest BCUT2D eigenvalue weighted by atomic mass is 19.1. The Hall–Kier alpha value is -2.54. The largest absolute Gasteiger partial charge is 0.432 e.